The van der Waals surface area contributed by atoms with Crippen molar-refractivity contribution >= 4 is 5.91 Å². The van der Waals surface area contributed by atoms with E-state index in [1.807, 2.05) is 4.57 Å². The maximum absolute atomic E-state index is 14.9. The molecule has 9 heteroatoms. The number of nitrogens with zero attached hydrogens (tertiary/aromatic N) is 4. The molecule has 2 bridgehead atoms. The highest BCUT2D eigenvalue weighted by Gasteiger charge is 2.39. The van der Waals surface area contributed by atoms with Gasteiger partial charge >= 0.3 is 0 Å². The first-order chi connectivity index (χ1) is 14.2. The van der Waals surface area contributed by atoms with Crippen molar-refractivity contribution in [3.8, 4) is 23.2 Å². The Hall–Kier alpha value is -3.51. The third-order valence-corrected chi connectivity index (χ3v) is 5.71. The zero-order valence-corrected chi connectivity index (χ0v) is 16.3. The summed E-state index contributed by atoms with van der Waals surface area (Å²) in [6.07, 6.45) is 3.36. The molecule has 1 aliphatic carbocycles. The fourth-order valence-corrected chi connectivity index (χ4v) is 4.02. The lowest BCUT2D eigenvalue weighted by atomic mass is 9.75. The highest BCUT2D eigenvalue weighted by atomic mass is 19.1. The molecular weight excluding hydrogens is 389 g/mol. The summed E-state index contributed by atoms with van der Waals surface area (Å²) in [5.41, 5.74) is 5.53. The van der Waals surface area contributed by atoms with E-state index in [9.17, 15) is 14.3 Å². The van der Waals surface area contributed by atoms with Gasteiger partial charge in [-0.1, -0.05) is 17.0 Å². The molecule has 2 aliphatic heterocycles. The van der Waals surface area contributed by atoms with Crippen LogP contribution >= 0.6 is 0 Å². The van der Waals surface area contributed by atoms with Crippen molar-refractivity contribution in [2.24, 2.45) is 5.73 Å². The van der Waals surface area contributed by atoms with E-state index in [4.69, 9.17) is 10.3 Å². The predicted molar refractivity (Wildman–Crippen MR) is 103 cm³/mol. The molecule has 1 atom stereocenters. The fourth-order valence-electron chi connectivity index (χ4n) is 4.02. The summed E-state index contributed by atoms with van der Waals surface area (Å²) in [5.74, 6) is 5.32. The predicted octanol–water partition coefficient (Wildman–Crippen LogP) is 2.17. The molecule has 3 aromatic rings. The molecule has 1 unspecified atom stereocenters. The average molecular weight is 407 g/mol. The van der Waals surface area contributed by atoms with Crippen LogP contribution in [-0.4, -0.2) is 30.7 Å². The SMILES string of the molecule is Cc1nc(C(C)(O)C#Cc2cc3c(cc2F)C2CC(C2)n2cc(C(N)=O)nc2-3)no1. The zero-order chi connectivity index (χ0) is 21.2. The van der Waals surface area contributed by atoms with Gasteiger partial charge in [0, 0.05) is 24.7 Å². The van der Waals surface area contributed by atoms with Crippen molar-refractivity contribution < 1.29 is 18.8 Å². The van der Waals surface area contributed by atoms with Crippen LogP contribution in [0.4, 0.5) is 4.39 Å². The van der Waals surface area contributed by atoms with Crippen molar-refractivity contribution in [3.05, 3.63) is 52.7 Å². The third kappa shape index (κ3) is 2.80. The van der Waals surface area contributed by atoms with E-state index in [0.717, 1.165) is 18.4 Å². The molecule has 152 valence electrons. The number of halogens is 1. The number of aliphatic hydroxyl groups is 1. The first-order valence-electron chi connectivity index (χ1n) is 9.52. The molecule has 6 rings (SSSR count). The topological polar surface area (TPSA) is 120 Å². The Morgan fingerprint density at radius 1 is 1.40 bits per heavy atom. The lowest BCUT2D eigenvalue weighted by molar-refractivity contribution is 0.0995. The molecule has 1 saturated carbocycles. The Bertz CT molecular complexity index is 1260. The van der Waals surface area contributed by atoms with Crippen LogP contribution in [-0.2, 0) is 5.60 Å². The lowest BCUT2D eigenvalue weighted by Crippen LogP contribution is -2.22. The molecule has 1 amide bonds. The van der Waals surface area contributed by atoms with Gasteiger partial charge in [-0.05, 0) is 43.4 Å². The highest BCUT2D eigenvalue weighted by Crippen LogP contribution is 2.52. The number of amides is 1. The van der Waals surface area contributed by atoms with Crippen LogP contribution in [0.1, 0.15) is 65.1 Å². The summed E-state index contributed by atoms with van der Waals surface area (Å²) in [4.78, 5) is 20.0. The first kappa shape index (κ1) is 18.5. The number of aromatic nitrogens is 4. The fraction of sp³-hybridized carbons (Fsp3) is 0.333. The number of rotatable bonds is 2. The maximum Gasteiger partial charge on any atom is 0.268 e. The van der Waals surface area contributed by atoms with Gasteiger partial charge in [-0.15, -0.1) is 0 Å². The Balaban J connectivity index is 1.61. The van der Waals surface area contributed by atoms with Gasteiger partial charge in [0.2, 0.25) is 11.7 Å². The lowest BCUT2D eigenvalue weighted by Gasteiger charge is -2.34. The highest BCUT2D eigenvalue weighted by molar-refractivity contribution is 5.91. The monoisotopic (exact) mass is 407 g/mol. The molecule has 1 fully saturated rings. The van der Waals surface area contributed by atoms with E-state index in [1.54, 1.807) is 19.2 Å². The van der Waals surface area contributed by atoms with Crippen molar-refractivity contribution in [1.29, 1.82) is 0 Å². The molecule has 30 heavy (non-hydrogen) atoms. The van der Waals surface area contributed by atoms with Crippen molar-refractivity contribution in [2.45, 2.75) is 44.2 Å². The minimum Gasteiger partial charge on any atom is -0.371 e. The van der Waals surface area contributed by atoms with E-state index in [2.05, 4.69) is 27.0 Å². The normalized spacial score (nSPS) is 20.7. The molecule has 4 heterocycles. The zero-order valence-electron chi connectivity index (χ0n) is 16.3. The van der Waals surface area contributed by atoms with Crippen molar-refractivity contribution in [2.75, 3.05) is 0 Å². The molecular formula is C21H18FN5O3. The second-order valence-corrected chi connectivity index (χ2v) is 7.92. The Morgan fingerprint density at radius 3 is 2.83 bits per heavy atom. The quantitative estimate of drug-likeness (QED) is 0.628. The minimum atomic E-state index is -1.71. The van der Waals surface area contributed by atoms with Crippen LogP contribution in [0.25, 0.3) is 11.4 Å². The molecule has 0 radical (unpaired) electrons. The maximum atomic E-state index is 14.9. The number of carbonyl (C=O) groups is 1. The van der Waals surface area contributed by atoms with Crippen molar-refractivity contribution in [3.63, 3.8) is 0 Å². The summed E-state index contributed by atoms with van der Waals surface area (Å²) >= 11 is 0. The number of nitrogens with two attached hydrogens (primary N) is 1. The van der Waals surface area contributed by atoms with Gasteiger partial charge < -0.3 is 19.9 Å². The molecule has 3 N–H and O–H groups in total. The molecule has 0 spiro atoms. The Morgan fingerprint density at radius 2 is 2.17 bits per heavy atom. The van der Waals surface area contributed by atoms with Crippen LogP contribution in [0.5, 0.6) is 0 Å². The summed E-state index contributed by atoms with van der Waals surface area (Å²) in [6, 6.07) is 3.29. The second kappa shape index (κ2) is 6.24. The smallest absolute Gasteiger partial charge is 0.268 e. The number of benzene rings is 1. The van der Waals surface area contributed by atoms with Gasteiger partial charge in [0.1, 0.15) is 17.3 Å². The van der Waals surface area contributed by atoms with E-state index in [0.29, 0.717) is 17.3 Å². The van der Waals surface area contributed by atoms with E-state index >= 15 is 0 Å². The molecule has 1 aromatic carbocycles. The first-order valence-corrected chi connectivity index (χ1v) is 9.52. The third-order valence-electron chi connectivity index (χ3n) is 5.71. The average Bonchev–Trinajstić information content (AvgIpc) is 3.23. The van der Waals surface area contributed by atoms with Gasteiger partial charge in [0.05, 0.1) is 5.56 Å². The van der Waals surface area contributed by atoms with Gasteiger partial charge in [-0.25, -0.2) is 9.37 Å². The number of aryl methyl sites for hydroxylation is 1. The van der Waals surface area contributed by atoms with Crippen LogP contribution in [0.3, 0.4) is 0 Å². The van der Waals surface area contributed by atoms with E-state index in [1.165, 1.54) is 13.0 Å². The van der Waals surface area contributed by atoms with Crippen LogP contribution in [0, 0.1) is 24.6 Å². The largest absolute Gasteiger partial charge is 0.371 e. The van der Waals surface area contributed by atoms with Gasteiger partial charge in [-0.3, -0.25) is 4.79 Å². The molecule has 2 aromatic heterocycles. The standard InChI is InChI=1S/C21H18FN5O3/c1-10-24-20(26-30-10)21(2,29)4-3-11-7-15-14(8-16(11)22)12-5-13(6-12)27-9-17(18(23)28)25-19(15)27/h7-9,12-13,29H,5-6H2,1-2H3,(H2,23,28). The van der Waals surface area contributed by atoms with E-state index < -0.39 is 17.3 Å². The van der Waals surface area contributed by atoms with E-state index in [-0.39, 0.29) is 29.0 Å². The van der Waals surface area contributed by atoms with Gasteiger partial charge in [0.25, 0.3) is 5.91 Å². The number of imidazole rings is 1. The van der Waals surface area contributed by atoms with Gasteiger partial charge in [0.15, 0.2) is 5.60 Å². The Labute approximate surface area is 170 Å². The van der Waals surface area contributed by atoms with Crippen LogP contribution in [0.15, 0.2) is 22.9 Å². The van der Waals surface area contributed by atoms with Crippen molar-refractivity contribution in [1.82, 2.24) is 19.7 Å². The van der Waals surface area contributed by atoms with Crippen LogP contribution < -0.4 is 5.73 Å². The summed E-state index contributed by atoms with van der Waals surface area (Å²) in [6.45, 7) is 3.01. The number of hydrogen-bond acceptors (Lipinski definition) is 6. The van der Waals surface area contributed by atoms with Gasteiger partial charge in [-0.2, -0.15) is 4.98 Å². The van der Waals surface area contributed by atoms with Crippen LogP contribution in [0.2, 0.25) is 0 Å². The molecule has 0 saturated heterocycles. The second-order valence-electron chi connectivity index (χ2n) is 7.92. The molecule has 3 aliphatic rings. The summed E-state index contributed by atoms with van der Waals surface area (Å²) < 4.78 is 21.7. The molecule has 8 nitrogen and oxygen atoms in total. The number of primary amides is 1. The summed E-state index contributed by atoms with van der Waals surface area (Å²) in [7, 11) is 0. The minimum absolute atomic E-state index is 0.00475. The number of carbonyl (C=O) groups excluding carboxylic acids is 1. The Kier molecular flexibility index (Phi) is 3.85. The summed E-state index contributed by atoms with van der Waals surface area (Å²) in [5, 5.41) is 14.2. The number of hydrogen-bond donors (Lipinski definition) is 2.